The number of nitrogens with zero attached hydrogens (tertiary/aromatic N) is 3. The molecule has 6 heteroatoms. The standard InChI is InChI=1S/C16H21N5O/c22-16(17-10-9-13-6-2-1-3-7-13)18-12-15-20-19-14-8-4-5-11-21(14)15/h4-6,8,11H,1-3,7,9-10,12H2,(H2,17,18,22). The summed E-state index contributed by atoms with van der Waals surface area (Å²) in [5, 5.41) is 13.9. The molecule has 22 heavy (non-hydrogen) atoms. The van der Waals surface area contributed by atoms with Gasteiger partial charge in [0.1, 0.15) is 0 Å². The SMILES string of the molecule is O=C(NCCC1=CCCCC1)NCc1nnc2ccccn12. The van der Waals surface area contributed by atoms with Gasteiger partial charge in [-0.2, -0.15) is 0 Å². The normalized spacial score (nSPS) is 14.6. The first kappa shape index (κ1) is 14.6. The van der Waals surface area contributed by atoms with E-state index in [4.69, 9.17) is 0 Å². The van der Waals surface area contributed by atoms with Crippen molar-refractivity contribution < 1.29 is 4.79 Å². The minimum Gasteiger partial charge on any atom is -0.338 e. The number of hydrogen-bond acceptors (Lipinski definition) is 3. The largest absolute Gasteiger partial charge is 0.338 e. The van der Waals surface area contributed by atoms with Crippen molar-refractivity contribution in [2.24, 2.45) is 0 Å². The number of hydrogen-bond donors (Lipinski definition) is 2. The van der Waals surface area contributed by atoms with Crippen molar-refractivity contribution in [2.45, 2.75) is 38.6 Å². The Balaban J connectivity index is 1.43. The zero-order valence-corrected chi connectivity index (χ0v) is 12.6. The Hall–Kier alpha value is -2.37. The van der Waals surface area contributed by atoms with E-state index < -0.39 is 0 Å². The lowest BCUT2D eigenvalue weighted by atomic mass is 9.97. The fourth-order valence-corrected chi connectivity index (χ4v) is 2.70. The zero-order chi connectivity index (χ0) is 15.2. The van der Waals surface area contributed by atoms with Crippen LogP contribution in [-0.2, 0) is 6.54 Å². The van der Waals surface area contributed by atoms with E-state index in [1.807, 2.05) is 28.8 Å². The van der Waals surface area contributed by atoms with Crippen molar-refractivity contribution in [2.75, 3.05) is 6.54 Å². The molecular formula is C16H21N5O. The second kappa shape index (κ2) is 7.06. The van der Waals surface area contributed by atoms with Gasteiger partial charge >= 0.3 is 6.03 Å². The van der Waals surface area contributed by atoms with Crippen molar-refractivity contribution >= 4 is 11.7 Å². The number of carbonyl (C=O) groups is 1. The lowest BCUT2D eigenvalue weighted by molar-refractivity contribution is 0.240. The molecule has 1 aliphatic carbocycles. The smallest absolute Gasteiger partial charge is 0.315 e. The molecule has 2 aromatic heterocycles. The highest BCUT2D eigenvalue weighted by Crippen LogP contribution is 2.19. The highest BCUT2D eigenvalue weighted by molar-refractivity contribution is 5.73. The molecule has 0 atom stereocenters. The fraction of sp³-hybridized carbons (Fsp3) is 0.438. The van der Waals surface area contributed by atoms with E-state index in [2.05, 4.69) is 26.9 Å². The van der Waals surface area contributed by atoms with Crippen LogP contribution in [0.3, 0.4) is 0 Å². The molecule has 2 aromatic rings. The van der Waals surface area contributed by atoms with Crippen LogP contribution in [0.5, 0.6) is 0 Å². The first-order valence-electron chi connectivity index (χ1n) is 7.81. The van der Waals surface area contributed by atoms with Crippen molar-refractivity contribution in [3.8, 4) is 0 Å². The summed E-state index contributed by atoms with van der Waals surface area (Å²) >= 11 is 0. The van der Waals surface area contributed by atoms with Crippen molar-refractivity contribution in [1.82, 2.24) is 25.2 Å². The third kappa shape index (κ3) is 3.63. The summed E-state index contributed by atoms with van der Waals surface area (Å²) in [6.45, 7) is 1.04. The van der Waals surface area contributed by atoms with Crippen molar-refractivity contribution in [3.63, 3.8) is 0 Å². The summed E-state index contributed by atoms with van der Waals surface area (Å²) in [5.74, 6) is 0.723. The average Bonchev–Trinajstić information content (AvgIpc) is 2.97. The number of fused-ring (bicyclic) bond motifs is 1. The summed E-state index contributed by atoms with van der Waals surface area (Å²) in [6.07, 6.45) is 10.1. The van der Waals surface area contributed by atoms with Crippen molar-refractivity contribution in [1.29, 1.82) is 0 Å². The molecule has 0 radical (unpaired) electrons. The van der Waals surface area contributed by atoms with Gasteiger partial charge in [-0.3, -0.25) is 4.40 Å². The first-order chi connectivity index (χ1) is 10.8. The Bertz CT molecular complexity index is 676. The average molecular weight is 299 g/mol. The number of urea groups is 1. The quantitative estimate of drug-likeness (QED) is 0.833. The molecule has 2 N–H and O–H groups in total. The van der Waals surface area contributed by atoms with Crippen LogP contribution >= 0.6 is 0 Å². The number of nitrogens with one attached hydrogen (secondary N) is 2. The van der Waals surface area contributed by atoms with Gasteiger partial charge in [0.25, 0.3) is 0 Å². The molecule has 2 amide bonds. The molecule has 1 aliphatic rings. The van der Waals surface area contributed by atoms with Crippen LogP contribution < -0.4 is 10.6 Å². The zero-order valence-electron chi connectivity index (χ0n) is 12.6. The predicted molar refractivity (Wildman–Crippen MR) is 84.4 cm³/mol. The Morgan fingerprint density at radius 2 is 2.18 bits per heavy atom. The van der Waals surface area contributed by atoms with E-state index >= 15 is 0 Å². The fourth-order valence-electron chi connectivity index (χ4n) is 2.70. The van der Waals surface area contributed by atoms with Gasteiger partial charge in [-0.15, -0.1) is 10.2 Å². The Labute approximate surface area is 129 Å². The number of carbonyl (C=O) groups excluding carboxylic acids is 1. The summed E-state index contributed by atoms with van der Waals surface area (Å²) in [6, 6.07) is 5.55. The monoisotopic (exact) mass is 299 g/mol. The van der Waals surface area contributed by atoms with E-state index in [0.717, 1.165) is 17.9 Å². The minimum absolute atomic E-state index is 0.163. The van der Waals surface area contributed by atoms with Gasteiger partial charge < -0.3 is 10.6 Å². The maximum absolute atomic E-state index is 11.8. The molecule has 6 nitrogen and oxygen atoms in total. The molecule has 0 fully saturated rings. The van der Waals surface area contributed by atoms with Crippen molar-refractivity contribution in [3.05, 3.63) is 41.9 Å². The minimum atomic E-state index is -0.163. The Kier molecular flexibility index (Phi) is 4.68. The van der Waals surface area contributed by atoms with E-state index in [-0.39, 0.29) is 6.03 Å². The molecule has 0 bridgehead atoms. The summed E-state index contributed by atoms with van der Waals surface area (Å²) in [5.41, 5.74) is 2.25. The number of pyridine rings is 1. The topological polar surface area (TPSA) is 71.3 Å². The van der Waals surface area contributed by atoms with Crippen LogP contribution in [0.4, 0.5) is 4.79 Å². The van der Waals surface area contributed by atoms with Crippen LogP contribution in [0.15, 0.2) is 36.0 Å². The van der Waals surface area contributed by atoms with E-state index in [9.17, 15) is 4.79 Å². The molecule has 0 aromatic carbocycles. The molecule has 2 heterocycles. The van der Waals surface area contributed by atoms with Crippen LogP contribution in [-0.4, -0.2) is 27.2 Å². The molecule has 0 unspecified atom stereocenters. The van der Waals surface area contributed by atoms with Gasteiger partial charge in [0.05, 0.1) is 6.54 Å². The van der Waals surface area contributed by atoms with Crippen LogP contribution in [0.1, 0.15) is 37.9 Å². The second-order valence-electron chi connectivity index (χ2n) is 5.51. The molecule has 3 rings (SSSR count). The van der Waals surface area contributed by atoms with Gasteiger partial charge in [-0.25, -0.2) is 4.79 Å². The highest BCUT2D eigenvalue weighted by atomic mass is 16.2. The number of rotatable bonds is 5. The molecule has 116 valence electrons. The van der Waals surface area contributed by atoms with E-state index in [1.165, 1.54) is 31.3 Å². The highest BCUT2D eigenvalue weighted by Gasteiger charge is 2.07. The van der Waals surface area contributed by atoms with Gasteiger partial charge in [0.15, 0.2) is 11.5 Å². The maximum Gasteiger partial charge on any atom is 0.315 e. The van der Waals surface area contributed by atoms with Gasteiger partial charge in [0, 0.05) is 12.7 Å². The summed E-state index contributed by atoms with van der Waals surface area (Å²) < 4.78 is 1.87. The van der Waals surface area contributed by atoms with Crippen LogP contribution in [0.25, 0.3) is 5.65 Å². The number of allylic oxidation sites excluding steroid dienone is 1. The maximum atomic E-state index is 11.8. The summed E-state index contributed by atoms with van der Waals surface area (Å²) in [4.78, 5) is 11.8. The molecule has 0 aliphatic heterocycles. The molecule has 0 saturated heterocycles. The van der Waals surface area contributed by atoms with Gasteiger partial charge in [-0.1, -0.05) is 17.7 Å². The number of amides is 2. The molecular weight excluding hydrogens is 278 g/mol. The Morgan fingerprint density at radius 1 is 1.23 bits per heavy atom. The lowest BCUT2D eigenvalue weighted by Crippen LogP contribution is -2.36. The lowest BCUT2D eigenvalue weighted by Gasteiger charge is -2.13. The van der Waals surface area contributed by atoms with Crippen LogP contribution in [0.2, 0.25) is 0 Å². The third-order valence-corrected chi connectivity index (χ3v) is 3.91. The predicted octanol–water partition coefficient (Wildman–Crippen LogP) is 2.42. The van der Waals surface area contributed by atoms with Gasteiger partial charge in [0.2, 0.25) is 0 Å². The third-order valence-electron chi connectivity index (χ3n) is 3.91. The van der Waals surface area contributed by atoms with E-state index in [0.29, 0.717) is 13.1 Å². The Morgan fingerprint density at radius 3 is 3.05 bits per heavy atom. The molecule has 0 saturated carbocycles. The first-order valence-corrected chi connectivity index (χ1v) is 7.81. The number of aromatic nitrogens is 3. The molecule has 0 spiro atoms. The second-order valence-corrected chi connectivity index (χ2v) is 5.51. The van der Waals surface area contributed by atoms with E-state index in [1.54, 1.807) is 0 Å². The van der Waals surface area contributed by atoms with Gasteiger partial charge in [-0.05, 0) is 44.2 Å². The summed E-state index contributed by atoms with van der Waals surface area (Å²) in [7, 11) is 0. The van der Waals surface area contributed by atoms with Crippen LogP contribution in [0, 0.1) is 0 Å².